The average molecular weight is 244 g/mol. The van der Waals surface area contributed by atoms with Crippen LogP contribution in [-0.4, -0.2) is 10.1 Å². The number of rotatable bonds is 4. The highest BCUT2D eigenvalue weighted by molar-refractivity contribution is 5.80. The Morgan fingerprint density at radius 3 is 2.61 bits per heavy atom. The van der Waals surface area contributed by atoms with E-state index in [4.69, 9.17) is 0 Å². The molecule has 18 heavy (non-hydrogen) atoms. The molecule has 1 heterocycles. The zero-order valence-corrected chi connectivity index (χ0v) is 12.0. The maximum Gasteiger partial charge on any atom is 0.0483 e. The molecule has 2 rings (SSSR count). The molecule has 98 valence electrons. The summed E-state index contributed by atoms with van der Waals surface area (Å²) >= 11 is 0. The summed E-state index contributed by atoms with van der Waals surface area (Å²) < 4.78 is 2.34. The van der Waals surface area contributed by atoms with E-state index in [1.54, 1.807) is 0 Å². The predicted molar refractivity (Wildman–Crippen MR) is 78.8 cm³/mol. The summed E-state index contributed by atoms with van der Waals surface area (Å²) in [5.41, 5.74) is 2.87. The van der Waals surface area contributed by atoms with E-state index in [1.807, 2.05) is 0 Å². The molecular weight excluding hydrogens is 220 g/mol. The Bertz CT molecular complexity index is 517. The lowest BCUT2D eigenvalue weighted by Gasteiger charge is -2.20. The van der Waals surface area contributed by atoms with Crippen molar-refractivity contribution in [3.8, 4) is 0 Å². The van der Waals surface area contributed by atoms with Crippen LogP contribution < -0.4 is 5.32 Å². The minimum Gasteiger partial charge on any atom is -0.347 e. The summed E-state index contributed by atoms with van der Waals surface area (Å²) in [5, 5.41) is 4.87. The van der Waals surface area contributed by atoms with Gasteiger partial charge < -0.3 is 9.88 Å². The second-order valence-corrected chi connectivity index (χ2v) is 6.01. The molecule has 0 aliphatic heterocycles. The van der Waals surface area contributed by atoms with Crippen LogP contribution in [0.2, 0.25) is 0 Å². The van der Waals surface area contributed by atoms with Crippen LogP contribution in [0.25, 0.3) is 10.9 Å². The maximum absolute atomic E-state index is 3.54. The molecule has 0 radical (unpaired) electrons. The second-order valence-electron chi connectivity index (χ2n) is 6.01. The lowest BCUT2D eigenvalue weighted by molar-refractivity contribution is 0.424. The molecule has 1 N–H and O–H groups in total. The summed E-state index contributed by atoms with van der Waals surface area (Å²) in [6, 6.07) is 8.95. The van der Waals surface area contributed by atoms with Crippen LogP contribution in [0.15, 0.2) is 30.5 Å². The van der Waals surface area contributed by atoms with Gasteiger partial charge in [-0.15, -0.1) is 0 Å². The predicted octanol–water partition coefficient (Wildman–Crippen LogP) is 3.94. The number of aryl methyl sites for hydroxylation is 1. The average Bonchev–Trinajstić information content (AvgIpc) is 2.69. The molecule has 0 amide bonds. The third-order valence-corrected chi connectivity index (χ3v) is 3.13. The molecule has 0 fully saturated rings. The Morgan fingerprint density at radius 2 is 1.94 bits per heavy atom. The smallest absolute Gasteiger partial charge is 0.0483 e. The summed E-state index contributed by atoms with van der Waals surface area (Å²) in [6.07, 6.45) is 3.36. The Hall–Kier alpha value is -1.28. The van der Waals surface area contributed by atoms with Crippen LogP contribution in [0, 0.1) is 0 Å². The highest BCUT2D eigenvalue weighted by Gasteiger charge is 2.09. The summed E-state index contributed by atoms with van der Waals surface area (Å²) in [5.74, 6) is 0. The van der Waals surface area contributed by atoms with Crippen LogP contribution in [0.1, 0.15) is 39.7 Å². The van der Waals surface area contributed by atoms with Crippen molar-refractivity contribution >= 4 is 10.9 Å². The molecule has 1 aromatic heterocycles. The molecule has 0 aliphatic rings. The Morgan fingerprint density at radius 1 is 1.17 bits per heavy atom. The standard InChI is InChI=1S/C16H24N2/c1-5-9-18-10-8-14-7-6-13(11-15(14)18)12-17-16(2,3)4/h6-8,10-11,17H,5,9,12H2,1-4H3. The van der Waals surface area contributed by atoms with Crippen molar-refractivity contribution in [2.24, 2.45) is 0 Å². The maximum atomic E-state index is 3.54. The van der Waals surface area contributed by atoms with E-state index in [2.05, 4.69) is 68.0 Å². The molecule has 0 atom stereocenters. The number of hydrogen-bond acceptors (Lipinski definition) is 1. The van der Waals surface area contributed by atoms with E-state index in [9.17, 15) is 0 Å². The highest BCUT2D eigenvalue weighted by Crippen LogP contribution is 2.18. The molecule has 0 spiro atoms. The van der Waals surface area contributed by atoms with Gasteiger partial charge in [0.1, 0.15) is 0 Å². The van der Waals surface area contributed by atoms with Gasteiger partial charge in [0.15, 0.2) is 0 Å². The minimum atomic E-state index is 0.167. The number of aromatic nitrogens is 1. The number of nitrogens with one attached hydrogen (secondary N) is 1. The first kappa shape index (κ1) is 13.2. The number of hydrogen-bond donors (Lipinski definition) is 1. The summed E-state index contributed by atoms with van der Waals surface area (Å²) in [6.45, 7) is 10.8. The van der Waals surface area contributed by atoms with Crippen LogP contribution in [0.3, 0.4) is 0 Å². The zero-order chi connectivity index (χ0) is 13.2. The van der Waals surface area contributed by atoms with Gasteiger partial charge in [-0.1, -0.05) is 19.1 Å². The minimum absolute atomic E-state index is 0.167. The zero-order valence-electron chi connectivity index (χ0n) is 12.0. The first-order valence-corrected chi connectivity index (χ1v) is 6.82. The van der Waals surface area contributed by atoms with E-state index in [0.29, 0.717) is 0 Å². The molecule has 0 saturated carbocycles. The third-order valence-electron chi connectivity index (χ3n) is 3.13. The molecule has 0 aliphatic carbocycles. The molecule has 2 nitrogen and oxygen atoms in total. The van der Waals surface area contributed by atoms with Crippen molar-refractivity contribution in [3.63, 3.8) is 0 Å². The van der Waals surface area contributed by atoms with Gasteiger partial charge in [-0.25, -0.2) is 0 Å². The van der Waals surface area contributed by atoms with Gasteiger partial charge in [0, 0.05) is 30.3 Å². The Kier molecular flexibility index (Phi) is 3.76. The molecule has 1 aromatic carbocycles. The van der Waals surface area contributed by atoms with Crippen molar-refractivity contribution in [1.29, 1.82) is 0 Å². The Labute approximate surface area is 110 Å². The number of fused-ring (bicyclic) bond motifs is 1. The van der Waals surface area contributed by atoms with E-state index >= 15 is 0 Å². The van der Waals surface area contributed by atoms with Gasteiger partial charge in [0.2, 0.25) is 0 Å². The molecule has 0 unspecified atom stereocenters. The lowest BCUT2D eigenvalue weighted by Crippen LogP contribution is -2.35. The fourth-order valence-electron chi connectivity index (χ4n) is 2.14. The molecule has 0 bridgehead atoms. The van der Waals surface area contributed by atoms with Gasteiger partial charge in [0.05, 0.1) is 0 Å². The quantitative estimate of drug-likeness (QED) is 0.862. The van der Waals surface area contributed by atoms with E-state index in [-0.39, 0.29) is 5.54 Å². The van der Waals surface area contributed by atoms with Gasteiger partial charge in [-0.3, -0.25) is 0 Å². The normalized spacial score (nSPS) is 12.2. The molecular formula is C16H24N2. The summed E-state index contributed by atoms with van der Waals surface area (Å²) in [7, 11) is 0. The van der Waals surface area contributed by atoms with Gasteiger partial charge in [0.25, 0.3) is 0 Å². The van der Waals surface area contributed by atoms with Crippen LogP contribution >= 0.6 is 0 Å². The lowest BCUT2D eigenvalue weighted by atomic mass is 10.1. The summed E-state index contributed by atoms with van der Waals surface area (Å²) in [4.78, 5) is 0. The number of nitrogens with zero attached hydrogens (tertiary/aromatic N) is 1. The van der Waals surface area contributed by atoms with Gasteiger partial charge in [-0.2, -0.15) is 0 Å². The van der Waals surface area contributed by atoms with Crippen LogP contribution in [-0.2, 0) is 13.1 Å². The Balaban J connectivity index is 2.22. The van der Waals surface area contributed by atoms with Crippen molar-refractivity contribution in [1.82, 2.24) is 9.88 Å². The topological polar surface area (TPSA) is 17.0 Å². The number of benzene rings is 1. The van der Waals surface area contributed by atoms with Gasteiger partial charge in [-0.05, 0) is 50.3 Å². The van der Waals surface area contributed by atoms with E-state index in [1.165, 1.54) is 22.9 Å². The van der Waals surface area contributed by atoms with E-state index < -0.39 is 0 Å². The third kappa shape index (κ3) is 3.14. The largest absolute Gasteiger partial charge is 0.347 e. The first-order valence-electron chi connectivity index (χ1n) is 6.82. The van der Waals surface area contributed by atoms with E-state index in [0.717, 1.165) is 13.1 Å². The fraction of sp³-hybridized carbons (Fsp3) is 0.500. The molecule has 0 saturated heterocycles. The van der Waals surface area contributed by atoms with Crippen molar-refractivity contribution in [2.75, 3.05) is 0 Å². The first-order chi connectivity index (χ1) is 8.49. The molecule has 2 heteroatoms. The van der Waals surface area contributed by atoms with Crippen LogP contribution in [0.4, 0.5) is 0 Å². The monoisotopic (exact) mass is 244 g/mol. The molecule has 2 aromatic rings. The van der Waals surface area contributed by atoms with Crippen molar-refractivity contribution < 1.29 is 0 Å². The second kappa shape index (κ2) is 5.15. The van der Waals surface area contributed by atoms with Gasteiger partial charge >= 0.3 is 0 Å². The fourth-order valence-corrected chi connectivity index (χ4v) is 2.14. The van der Waals surface area contributed by atoms with Crippen molar-refractivity contribution in [2.45, 2.75) is 52.7 Å². The highest BCUT2D eigenvalue weighted by atomic mass is 15.0. The van der Waals surface area contributed by atoms with Crippen LogP contribution in [0.5, 0.6) is 0 Å². The SMILES string of the molecule is CCCn1ccc2ccc(CNC(C)(C)C)cc21. The van der Waals surface area contributed by atoms with Crippen molar-refractivity contribution in [3.05, 3.63) is 36.0 Å².